The Morgan fingerprint density at radius 3 is 2.04 bits per heavy atom. The van der Waals surface area contributed by atoms with Gasteiger partial charge in [-0.2, -0.15) is 0 Å². The van der Waals surface area contributed by atoms with Gasteiger partial charge in [0.15, 0.2) is 0 Å². The lowest BCUT2D eigenvalue weighted by atomic mass is 9.81. The number of carbonyl (C=O) groups is 4. The lowest BCUT2D eigenvalue weighted by molar-refractivity contribution is -0.255. The summed E-state index contributed by atoms with van der Waals surface area (Å²) < 4.78 is 0. The van der Waals surface area contributed by atoms with Gasteiger partial charge in [0.2, 0.25) is 17.7 Å². The normalized spacial score (nSPS) is 34.1. The fraction of sp³-hybridized carbons (Fsp3) is 0.444. The molecule has 0 unspecified atom stereocenters. The maximum Gasteiger partial charge on any atom is 0.244 e. The maximum absolute atomic E-state index is 12.8. The number of aromatic carboxylic acids is 1. The van der Waals surface area contributed by atoms with Gasteiger partial charge in [-0.1, -0.05) is 44.0 Å². The number of alkyl halides is 2. The fourth-order valence-electron chi connectivity index (χ4n) is 4.60. The number of carboxylic acids is 1. The molecule has 142 valence electrons. The zero-order valence-corrected chi connectivity index (χ0v) is 17.1. The van der Waals surface area contributed by atoms with Crippen molar-refractivity contribution in [1.29, 1.82) is 0 Å². The van der Waals surface area contributed by atoms with Crippen LogP contribution in [0.5, 0.6) is 0 Å². The Labute approximate surface area is 171 Å². The number of anilines is 1. The minimum atomic E-state index is -1.31. The van der Waals surface area contributed by atoms with Crippen molar-refractivity contribution >= 4 is 61.2 Å². The highest BCUT2D eigenvalue weighted by Gasteiger charge is 2.66. The van der Waals surface area contributed by atoms with Crippen molar-refractivity contribution in [3.8, 4) is 0 Å². The Bertz CT molecular complexity index is 811. The molecule has 2 bridgehead atoms. The molecule has 0 aromatic heterocycles. The first-order valence-corrected chi connectivity index (χ1v) is 10.4. The number of nitrogens with one attached hydrogen (secondary N) is 1. The first-order valence-electron chi connectivity index (χ1n) is 8.54. The van der Waals surface area contributed by atoms with Crippen molar-refractivity contribution in [2.75, 3.05) is 11.9 Å². The van der Waals surface area contributed by atoms with Crippen molar-refractivity contribution < 1.29 is 24.3 Å². The van der Waals surface area contributed by atoms with Gasteiger partial charge in [-0.3, -0.25) is 19.3 Å². The molecule has 1 N–H and O–H groups in total. The molecule has 9 heteroatoms. The predicted octanol–water partition coefficient (Wildman–Crippen LogP) is 0.766. The van der Waals surface area contributed by atoms with E-state index in [0.717, 1.165) is 11.3 Å². The Kier molecular flexibility index (Phi) is 4.62. The molecule has 1 aromatic rings. The molecule has 1 aromatic carbocycles. The van der Waals surface area contributed by atoms with Gasteiger partial charge < -0.3 is 15.2 Å². The zero-order valence-electron chi connectivity index (χ0n) is 13.9. The van der Waals surface area contributed by atoms with E-state index < -0.39 is 11.9 Å². The van der Waals surface area contributed by atoms with Crippen LogP contribution in [0.15, 0.2) is 24.3 Å². The molecule has 1 heterocycles. The van der Waals surface area contributed by atoms with Crippen LogP contribution < -0.4 is 10.4 Å². The van der Waals surface area contributed by atoms with Gasteiger partial charge in [-0.25, -0.2) is 0 Å². The Morgan fingerprint density at radius 1 is 1.04 bits per heavy atom. The van der Waals surface area contributed by atoms with Crippen LogP contribution in [-0.2, 0) is 14.4 Å². The van der Waals surface area contributed by atoms with Gasteiger partial charge in [0.25, 0.3) is 0 Å². The fourth-order valence-corrected chi connectivity index (χ4v) is 6.47. The molecule has 6 atom stereocenters. The highest BCUT2D eigenvalue weighted by molar-refractivity contribution is 9.12. The number of imide groups is 1. The van der Waals surface area contributed by atoms with Crippen LogP contribution in [0.3, 0.4) is 0 Å². The van der Waals surface area contributed by atoms with Crippen LogP contribution in [0.2, 0.25) is 0 Å². The van der Waals surface area contributed by atoms with Crippen LogP contribution in [0.25, 0.3) is 0 Å². The number of halogens is 2. The summed E-state index contributed by atoms with van der Waals surface area (Å²) in [6, 6.07) is 5.48. The van der Waals surface area contributed by atoms with E-state index in [1.807, 2.05) is 0 Å². The summed E-state index contributed by atoms with van der Waals surface area (Å²) in [5.41, 5.74) is 0.375. The standard InChI is InChI=1S/C18H16Br2N2O5/c19-14-9-5-10(15(14)20)13-12(9)16(24)22(17(13)25)6-11(23)21-8-3-1-7(2-4-8)18(26)27/h1-4,9-10,12-15H,5-6H2,(H,21,23)(H,26,27)/p-1/t9-,10+,12-,13+,14-,15-/m1/s1. The topological polar surface area (TPSA) is 107 Å². The Hall–Kier alpha value is -1.74. The van der Waals surface area contributed by atoms with Gasteiger partial charge in [0.05, 0.1) is 17.8 Å². The summed E-state index contributed by atoms with van der Waals surface area (Å²) in [6.07, 6.45) is 0.837. The first-order chi connectivity index (χ1) is 12.8. The third-order valence-corrected chi connectivity index (χ3v) is 8.99. The molecule has 3 amide bonds. The number of hydrogen-bond donors (Lipinski definition) is 1. The second-order valence-electron chi connectivity index (χ2n) is 7.18. The average Bonchev–Trinajstić information content (AvgIpc) is 3.23. The second kappa shape index (κ2) is 6.70. The lowest BCUT2D eigenvalue weighted by Crippen LogP contribution is -2.39. The lowest BCUT2D eigenvalue weighted by Gasteiger charge is -2.28. The van der Waals surface area contributed by atoms with E-state index in [-0.39, 0.29) is 57.2 Å². The van der Waals surface area contributed by atoms with E-state index in [9.17, 15) is 24.3 Å². The van der Waals surface area contributed by atoms with E-state index in [1.54, 1.807) is 0 Å². The minimum Gasteiger partial charge on any atom is -0.545 e. The number of fused-ring (bicyclic) bond motifs is 5. The summed E-state index contributed by atoms with van der Waals surface area (Å²) >= 11 is 7.24. The van der Waals surface area contributed by atoms with Gasteiger partial charge in [0, 0.05) is 15.3 Å². The summed E-state index contributed by atoms with van der Waals surface area (Å²) in [7, 11) is 0. The van der Waals surface area contributed by atoms with Crippen LogP contribution in [0, 0.1) is 23.7 Å². The van der Waals surface area contributed by atoms with E-state index in [0.29, 0.717) is 5.69 Å². The summed E-state index contributed by atoms with van der Waals surface area (Å²) in [6.45, 7) is -0.341. The molecule has 4 rings (SSSR count). The number of hydrogen-bond acceptors (Lipinski definition) is 5. The molecule has 1 saturated heterocycles. The zero-order chi connectivity index (χ0) is 19.5. The van der Waals surface area contributed by atoms with Crippen molar-refractivity contribution in [2.45, 2.75) is 16.1 Å². The number of benzene rings is 1. The average molecular weight is 499 g/mol. The summed E-state index contributed by atoms with van der Waals surface area (Å²) in [5.74, 6) is -2.86. The SMILES string of the molecule is O=C(CN1C(=O)[C@@H]2[C@H]3C[C@H]([C@@H](Br)[C@@H]3Br)[C@@H]2C1=O)Nc1ccc(C(=O)[O-])cc1. The maximum atomic E-state index is 12.8. The third kappa shape index (κ3) is 2.91. The molecule has 3 fully saturated rings. The molecular weight excluding hydrogens is 484 g/mol. The third-order valence-electron chi connectivity index (χ3n) is 5.78. The predicted molar refractivity (Wildman–Crippen MR) is 100 cm³/mol. The smallest absolute Gasteiger partial charge is 0.244 e. The Morgan fingerprint density at radius 2 is 1.56 bits per heavy atom. The molecule has 7 nitrogen and oxygen atoms in total. The largest absolute Gasteiger partial charge is 0.545 e. The van der Waals surface area contributed by atoms with E-state index in [4.69, 9.17) is 0 Å². The van der Waals surface area contributed by atoms with E-state index in [2.05, 4.69) is 37.2 Å². The monoisotopic (exact) mass is 497 g/mol. The first kappa shape index (κ1) is 18.6. The molecule has 3 aliphatic rings. The van der Waals surface area contributed by atoms with Crippen molar-refractivity contribution in [2.24, 2.45) is 23.7 Å². The van der Waals surface area contributed by atoms with Crippen molar-refractivity contribution in [3.63, 3.8) is 0 Å². The number of likely N-dealkylation sites (tertiary alicyclic amines) is 1. The Balaban J connectivity index is 1.44. The van der Waals surface area contributed by atoms with E-state index in [1.165, 1.54) is 24.3 Å². The quantitative estimate of drug-likeness (QED) is 0.487. The second-order valence-corrected chi connectivity index (χ2v) is 9.29. The number of carbonyl (C=O) groups excluding carboxylic acids is 4. The van der Waals surface area contributed by atoms with Gasteiger partial charge in [-0.05, 0) is 36.0 Å². The molecule has 0 radical (unpaired) electrons. The molecule has 27 heavy (non-hydrogen) atoms. The van der Waals surface area contributed by atoms with Gasteiger partial charge in [0.1, 0.15) is 6.54 Å². The molecular formula is C18H15Br2N2O5-. The van der Waals surface area contributed by atoms with Gasteiger partial charge in [-0.15, -0.1) is 0 Å². The molecule has 1 aliphatic heterocycles. The van der Waals surface area contributed by atoms with Crippen molar-refractivity contribution in [3.05, 3.63) is 29.8 Å². The summed E-state index contributed by atoms with van der Waals surface area (Å²) in [5, 5.41) is 13.3. The van der Waals surface area contributed by atoms with Crippen LogP contribution in [-0.4, -0.2) is 44.8 Å². The van der Waals surface area contributed by atoms with Crippen LogP contribution in [0.1, 0.15) is 16.8 Å². The van der Waals surface area contributed by atoms with E-state index >= 15 is 0 Å². The molecule has 0 spiro atoms. The van der Waals surface area contributed by atoms with Crippen molar-refractivity contribution in [1.82, 2.24) is 4.90 Å². The van der Waals surface area contributed by atoms with Gasteiger partial charge >= 0.3 is 0 Å². The molecule has 2 saturated carbocycles. The van der Waals surface area contributed by atoms with Crippen LogP contribution >= 0.6 is 31.9 Å². The van der Waals surface area contributed by atoms with Crippen LogP contribution in [0.4, 0.5) is 5.69 Å². The highest BCUT2D eigenvalue weighted by atomic mass is 79.9. The molecule has 2 aliphatic carbocycles. The number of rotatable bonds is 4. The number of nitrogens with zero attached hydrogens (tertiary/aromatic N) is 1. The number of amides is 3. The summed E-state index contributed by atoms with van der Waals surface area (Å²) in [4.78, 5) is 49.9. The minimum absolute atomic E-state index is 0.00477. The highest BCUT2D eigenvalue weighted by Crippen LogP contribution is 2.60. The number of carboxylic acid groups (broad SMARTS) is 1.